The molecule has 66 valence electrons. The summed E-state index contributed by atoms with van der Waals surface area (Å²) in [7, 11) is 1.76. The highest BCUT2D eigenvalue weighted by atomic mass is 79.9. The first kappa shape index (κ1) is 9.48. The molecule has 2 N–H and O–H groups in total. The highest BCUT2D eigenvalue weighted by Gasteiger charge is 2.08. The minimum atomic E-state index is -0.452. The predicted octanol–water partition coefficient (Wildman–Crippen LogP) is 2.01. The maximum atomic E-state index is 12.8. The monoisotopic (exact) mass is 233 g/mol. The molecule has 0 radical (unpaired) electrons. The summed E-state index contributed by atoms with van der Waals surface area (Å²) in [6, 6.07) is 2.86. The van der Waals surface area contributed by atoms with Crippen LogP contribution in [0, 0.1) is 5.82 Å². The molecular formula is C8H9BrFNO. The fraction of sp³-hybridized carbons (Fsp3) is 0.250. The van der Waals surface area contributed by atoms with Gasteiger partial charge in [-0.2, -0.15) is 0 Å². The Labute approximate surface area is 78.5 Å². The number of hydrogen-bond donors (Lipinski definition) is 2. The lowest BCUT2D eigenvalue weighted by Gasteiger charge is -2.05. The van der Waals surface area contributed by atoms with Crippen molar-refractivity contribution in [2.45, 2.75) is 6.54 Å². The number of aromatic hydroxyl groups is 1. The largest absolute Gasteiger partial charge is 0.506 e. The summed E-state index contributed by atoms with van der Waals surface area (Å²) in [5.41, 5.74) is 0.672. The van der Waals surface area contributed by atoms with Gasteiger partial charge in [0.05, 0.1) is 4.47 Å². The van der Waals surface area contributed by atoms with E-state index < -0.39 is 5.82 Å². The molecule has 0 aliphatic rings. The van der Waals surface area contributed by atoms with Crippen molar-refractivity contribution in [2.75, 3.05) is 7.05 Å². The van der Waals surface area contributed by atoms with E-state index in [1.807, 2.05) is 0 Å². The van der Waals surface area contributed by atoms with Crippen LogP contribution in [-0.4, -0.2) is 12.2 Å². The van der Waals surface area contributed by atoms with Gasteiger partial charge in [-0.3, -0.25) is 0 Å². The minimum Gasteiger partial charge on any atom is -0.506 e. The number of hydrogen-bond acceptors (Lipinski definition) is 2. The zero-order valence-electron chi connectivity index (χ0n) is 6.56. The highest BCUT2D eigenvalue weighted by Crippen LogP contribution is 2.30. The topological polar surface area (TPSA) is 32.3 Å². The standard InChI is InChI=1S/C8H9BrFNO/c1-11-4-5-2-3-6(10)7(9)8(5)12/h2-3,11-12H,4H2,1H3. The van der Waals surface area contributed by atoms with Gasteiger partial charge in [0.15, 0.2) is 0 Å². The summed E-state index contributed by atoms with van der Waals surface area (Å²) in [6.07, 6.45) is 0. The maximum absolute atomic E-state index is 12.8. The molecule has 0 amide bonds. The van der Waals surface area contributed by atoms with E-state index in [0.29, 0.717) is 12.1 Å². The molecule has 1 rings (SSSR count). The van der Waals surface area contributed by atoms with E-state index in [1.54, 1.807) is 13.1 Å². The first-order valence-corrected chi connectivity index (χ1v) is 4.26. The van der Waals surface area contributed by atoms with Crippen LogP contribution in [0.25, 0.3) is 0 Å². The Morgan fingerprint density at radius 1 is 1.58 bits per heavy atom. The van der Waals surface area contributed by atoms with Gasteiger partial charge in [0.25, 0.3) is 0 Å². The van der Waals surface area contributed by atoms with Crippen molar-refractivity contribution in [3.8, 4) is 5.75 Å². The molecule has 0 aliphatic carbocycles. The number of phenolic OH excluding ortho intramolecular Hbond substituents is 1. The molecule has 0 aromatic heterocycles. The molecule has 0 heterocycles. The second-order valence-corrected chi connectivity index (χ2v) is 3.19. The van der Waals surface area contributed by atoms with Gasteiger partial charge in [-0.05, 0) is 29.0 Å². The van der Waals surface area contributed by atoms with Crippen LogP contribution < -0.4 is 5.32 Å². The quantitative estimate of drug-likeness (QED) is 0.820. The zero-order valence-corrected chi connectivity index (χ0v) is 8.15. The highest BCUT2D eigenvalue weighted by molar-refractivity contribution is 9.10. The van der Waals surface area contributed by atoms with Gasteiger partial charge >= 0.3 is 0 Å². The van der Waals surface area contributed by atoms with Crippen molar-refractivity contribution in [1.82, 2.24) is 5.32 Å². The summed E-state index contributed by atoms with van der Waals surface area (Å²) in [5.74, 6) is -0.489. The van der Waals surface area contributed by atoms with Crippen molar-refractivity contribution in [1.29, 1.82) is 0 Å². The van der Waals surface area contributed by atoms with Crippen LogP contribution in [0.5, 0.6) is 5.75 Å². The molecular weight excluding hydrogens is 225 g/mol. The van der Waals surface area contributed by atoms with Gasteiger partial charge in [0, 0.05) is 12.1 Å². The van der Waals surface area contributed by atoms with Crippen LogP contribution in [0.4, 0.5) is 4.39 Å². The predicted molar refractivity (Wildman–Crippen MR) is 48.5 cm³/mol. The fourth-order valence-corrected chi connectivity index (χ4v) is 1.30. The van der Waals surface area contributed by atoms with Crippen LogP contribution in [0.2, 0.25) is 0 Å². The maximum Gasteiger partial charge on any atom is 0.141 e. The number of halogens is 2. The number of benzene rings is 1. The van der Waals surface area contributed by atoms with Crippen molar-refractivity contribution in [3.63, 3.8) is 0 Å². The molecule has 4 heteroatoms. The summed E-state index contributed by atoms with van der Waals surface area (Å²) < 4.78 is 12.9. The Morgan fingerprint density at radius 3 is 2.83 bits per heavy atom. The van der Waals surface area contributed by atoms with E-state index in [2.05, 4.69) is 21.2 Å². The molecule has 0 saturated carbocycles. The third kappa shape index (κ3) is 1.76. The van der Waals surface area contributed by atoms with E-state index in [0.717, 1.165) is 0 Å². The SMILES string of the molecule is CNCc1ccc(F)c(Br)c1O. The van der Waals surface area contributed by atoms with E-state index in [-0.39, 0.29) is 10.2 Å². The van der Waals surface area contributed by atoms with Crippen molar-refractivity contribution >= 4 is 15.9 Å². The normalized spacial score (nSPS) is 10.2. The van der Waals surface area contributed by atoms with Gasteiger partial charge in [-0.1, -0.05) is 6.07 Å². The van der Waals surface area contributed by atoms with Gasteiger partial charge < -0.3 is 10.4 Å². The molecule has 12 heavy (non-hydrogen) atoms. The van der Waals surface area contributed by atoms with Gasteiger partial charge in [0.2, 0.25) is 0 Å². The van der Waals surface area contributed by atoms with Crippen LogP contribution in [-0.2, 0) is 6.54 Å². The molecule has 0 fully saturated rings. The Bertz CT molecular complexity index is 291. The van der Waals surface area contributed by atoms with Gasteiger partial charge in [-0.25, -0.2) is 4.39 Å². The molecule has 1 aromatic carbocycles. The first-order valence-electron chi connectivity index (χ1n) is 3.47. The minimum absolute atomic E-state index is 0.0376. The van der Waals surface area contributed by atoms with Gasteiger partial charge in [0.1, 0.15) is 11.6 Å². The van der Waals surface area contributed by atoms with E-state index in [4.69, 9.17) is 0 Å². The van der Waals surface area contributed by atoms with Crippen molar-refractivity contribution in [3.05, 3.63) is 28.0 Å². The number of phenols is 1. The van der Waals surface area contributed by atoms with Crippen molar-refractivity contribution < 1.29 is 9.50 Å². The smallest absolute Gasteiger partial charge is 0.141 e. The Hall–Kier alpha value is -0.610. The Morgan fingerprint density at radius 2 is 2.25 bits per heavy atom. The molecule has 0 saturated heterocycles. The second kappa shape index (κ2) is 3.87. The lowest BCUT2D eigenvalue weighted by Crippen LogP contribution is -2.05. The molecule has 0 unspecified atom stereocenters. The van der Waals surface area contributed by atoms with E-state index in [9.17, 15) is 9.50 Å². The van der Waals surface area contributed by atoms with Crippen molar-refractivity contribution in [2.24, 2.45) is 0 Å². The third-order valence-corrected chi connectivity index (χ3v) is 2.27. The van der Waals surface area contributed by atoms with E-state index in [1.165, 1.54) is 6.07 Å². The fourth-order valence-electron chi connectivity index (χ4n) is 0.913. The van der Waals surface area contributed by atoms with E-state index >= 15 is 0 Å². The van der Waals surface area contributed by atoms with Gasteiger partial charge in [-0.15, -0.1) is 0 Å². The Kier molecular flexibility index (Phi) is 3.05. The molecule has 0 aliphatic heterocycles. The summed E-state index contributed by atoms with van der Waals surface area (Å²) in [5, 5.41) is 12.3. The number of nitrogens with one attached hydrogen (secondary N) is 1. The molecule has 0 atom stereocenters. The zero-order chi connectivity index (χ0) is 9.14. The van der Waals surface area contributed by atoms with Crippen LogP contribution in [0.15, 0.2) is 16.6 Å². The number of rotatable bonds is 2. The lowest BCUT2D eigenvalue weighted by molar-refractivity contribution is 0.455. The molecule has 0 spiro atoms. The molecule has 2 nitrogen and oxygen atoms in total. The third-order valence-electron chi connectivity index (χ3n) is 1.52. The Balaban J connectivity index is 3.08. The first-order chi connectivity index (χ1) is 5.66. The molecule has 0 bridgehead atoms. The van der Waals surface area contributed by atoms with Crippen LogP contribution >= 0.6 is 15.9 Å². The van der Waals surface area contributed by atoms with Crippen LogP contribution in [0.1, 0.15) is 5.56 Å². The molecule has 1 aromatic rings. The summed E-state index contributed by atoms with van der Waals surface area (Å²) in [6.45, 7) is 0.519. The summed E-state index contributed by atoms with van der Waals surface area (Å²) >= 11 is 2.95. The summed E-state index contributed by atoms with van der Waals surface area (Å²) in [4.78, 5) is 0. The average Bonchev–Trinajstić information content (AvgIpc) is 2.07. The lowest BCUT2D eigenvalue weighted by atomic mass is 10.2. The average molecular weight is 234 g/mol. The van der Waals surface area contributed by atoms with Crippen LogP contribution in [0.3, 0.4) is 0 Å². The second-order valence-electron chi connectivity index (χ2n) is 2.40.